The number of rotatable bonds is 1. The molecule has 3 rings (SSSR count). The van der Waals surface area contributed by atoms with Gasteiger partial charge in [-0.15, -0.1) is 0 Å². The Balaban J connectivity index is 2.02. The number of fused-ring (bicyclic) bond motifs is 1. The Labute approximate surface area is 101 Å². The zero-order valence-electron chi connectivity index (χ0n) is 8.60. The Kier molecular flexibility index (Phi) is 2.26. The lowest BCUT2D eigenvalue weighted by Crippen LogP contribution is -2.17. The van der Waals surface area contributed by atoms with E-state index >= 15 is 0 Å². The zero-order chi connectivity index (χ0) is 11.8. The highest BCUT2D eigenvalue weighted by molar-refractivity contribution is 8.18. The first-order valence-electron chi connectivity index (χ1n) is 4.96. The first-order chi connectivity index (χ1) is 8.22. The van der Waals surface area contributed by atoms with E-state index in [4.69, 9.17) is 4.42 Å². The molecule has 5 heteroatoms. The summed E-state index contributed by atoms with van der Waals surface area (Å²) in [5.41, 5.74) is 0.758. The van der Waals surface area contributed by atoms with Gasteiger partial charge >= 0.3 is 0 Å². The maximum absolute atomic E-state index is 11.3. The van der Waals surface area contributed by atoms with Crippen LogP contribution in [-0.4, -0.2) is 11.1 Å². The molecular weight excluding hydrogens is 238 g/mol. The summed E-state index contributed by atoms with van der Waals surface area (Å²) in [6.07, 6.45) is 1.57. The lowest BCUT2D eigenvalue weighted by molar-refractivity contribution is -0.115. The Bertz CT molecular complexity index is 624. The van der Waals surface area contributed by atoms with Crippen LogP contribution in [0, 0.1) is 0 Å². The standard InChI is InChI=1S/C12H7NO3S/c14-11-10(17-12(15)13-11)6-8-5-7-3-1-2-4-9(7)16-8/h1-6H,(H,13,14,15)/b10-6-. The van der Waals surface area contributed by atoms with Gasteiger partial charge in [0, 0.05) is 11.5 Å². The molecule has 1 aromatic carbocycles. The van der Waals surface area contributed by atoms with Crippen LogP contribution in [0.1, 0.15) is 5.76 Å². The maximum Gasteiger partial charge on any atom is 0.290 e. The topological polar surface area (TPSA) is 59.3 Å². The molecule has 1 aromatic heterocycles. The summed E-state index contributed by atoms with van der Waals surface area (Å²) < 4.78 is 5.53. The van der Waals surface area contributed by atoms with Crippen molar-refractivity contribution in [2.45, 2.75) is 0 Å². The van der Waals surface area contributed by atoms with E-state index in [1.807, 2.05) is 30.3 Å². The second kappa shape index (κ2) is 3.78. The number of benzene rings is 1. The van der Waals surface area contributed by atoms with Crippen LogP contribution in [0.2, 0.25) is 0 Å². The minimum Gasteiger partial charge on any atom is -0.457 e. The minimum absolute atomic E-state index is 0.350. The molecule has 4 nitrogen and oxygen atoms in total. The van der Waals surface area contributed by atoms with Crippen molar-refractivity contribution in [1.82, 2.24) is 5.32 Å². The van der Waals surface area contributed by atoms with E-state index in [1.165, 1.54) is 0 Å². The van der Waals surface area contributed by atoms with Crippen molar-refractivity contribution in [2.75, 3.05) is 0 Å². The smallest absolute Gasteiger partial charge is 0.290 e. The Morgan fingerprint density at radius 3 is 2.76 bits per heavy atom. The number of furan rings is 1. The zero-order valence-corrected chi connectivity index (χ0v) is 9.41. The van der Waals surface area contributed by atoms with E-state index in [9.17, 15) is 9.59 Å². The molecule has 17 heavy (non-hydrogen) atoms. The van der Waals surface area contributed by atoms with Crippen LogP contribution in [0.3, 0.4) is 0 Å². The summed E-state index contributed by atoms with van der Waals surface area (Å²) in [7, 11) is 0. The van der Waals surface area contributed by atoms with Crippen molar-refractivity contribution in [2.24, 2.45) is 0 Å². The molecule has 0 atom stereocenters. The molecule has 2 heterocycles. The maximum atomic E-state index is 11.3. The summed E-state index contributed by atoms with van der Waals surface area (Å²) in [4.78, 5) is 22.7. The third-order valence-electron chi connectivity index (χ3n) is 2.36. The SMILES string of the molecule is O=C1NC(=O)/C(=C/c2cc3ccccc3o2)S1. The molecule has 1 N–H and O–H groups in total. The van der Waals surface area contributed by atoms with Crippen molar-refractivity contribution < 1.29 is 14.0 Å². The van der Waals surface area contributed by atoms with Gasteiger partial charge in [0.25, 0.3) is 11.1 Å². The highest BCUT2D eigenvalue weighted by Crippen LogP contribution is 2.27. The fourth-order valence-electron chi connectivity index (χ4n) is 1.62. The fourth-order valence-corrected chi connectivity index (χ4v) is 2.29. The molecule has 1 saturated heterocycles. The molecule has 84 valence electrons. The van der Waals surface area contributed by atoms with Gasteiger partial charge in [0.05, 0.1) is 4.91 Å². The number of hydrogen-bond acceptors (Lipinski definition) is 4. The van der Waals surface area contributed by atoms with E-state index in [-0.39, 0.29) is 11.1 Å². The average molecular weight is 245 g/mol. The number of nitrogens with one attached hydrogen (secondary N) is 1. The molecule has 1 fully saturated rings. The normalized spacial score (nSPS) is 18.0. The van der Waals surface area contributed by atoms with Crippen LogP contribution < -0.4 is 5.32 Å². The minimum atomic E-state index is -0.375. The molecule has 0 bridgehead atoms. The number of carbonyl (C=O) groups excluding carboxylic acids is 2. The fraction of sp³-hybridized carbons (Fsp3) is 0. The molecule has 2 aromatic rings. The predicted octanol–water partition coefficient (Wildman–Crippen LogP) is 2.76. The molecule has 1 aliphatic rings. The highest BCUT2D eigenvalue weighted by atomic mass is 32.2. The van der Waals surface area contributed by atoms with Gasteiger partial charge in [0.1, 0.15) is 11.3 Å². The summed E-state index contributed by atoms with van der Waals surface area (Å²) >= 11 is 0.880. The van der Waals surface area contributed by atoms with E-state index in [2.05, 4.69) is 5.32 Å². The monoisotopic (exact) mass is 245 g/mol. The number of carbonyl (C=O) groups is 2. The van der Waals surface area contributed by atoms with Crippen LogP contribution in [0.25, 0.3) is 17.0 Å². The van der Waals surface area contributed by atoms with Gasteiger partial charge in [-0.25, -0.2) is 0 Å². The molecule has 0 unspecified atom stereocenters. The van der Waals surface area contributed by atoms with Crippen LogP contribution in [0.4, 0.5) is 4.79 Å². The van der Waals surface area contributed by atoms with Crippen LogP contribution in [0.15, 0.2) is 39.7 Å². The van der Waals surface area contributed by atoms with E-state index in [0.29, 0.717) is 10.7 Å². The van der Waals surface area contributed by atoms with Crippen molar-refractivity contribution in [3.8, 4) is 0 Å². The average Bonchev–Trinajstić information content (AvgIpc) is 2.82. The van der Waals surface area contributed by atoms with Crippen LogP contribution in [-0.2, 0) is 4.79 Å². The van der Waals surface area contributed by atoms with Gasteiger partial charge in [-0.2, -0.15) is 0 Å². The Morgan fingerprint density at radius 1 is 1.24 bits per heavy atom. The third kappa shape index (κ3) is 1.85. The lowest BCUT2D eigenvalue weighted by Gasteiger charge is -1.88. The second-order valence-electron chi connectivity index (χ2n) is 3.54. The Morgan fingerprint density at radius 2 is 2.06 bits per heavy atom. The second-order valence-corrected chi connectivity index (χ2v) is 4.55. The number of para-hydroxylation sites is 1. The number of amides is 2. The quantitative estimate of drug-likeness (QED) is 0.785. The van der Waals surface area contributed by atoms with E-state index in [1.54, 1.807) is 6.08 Å². The first kappa shape index (κ1) is 10.2. The number of thioether (sulfide) groups is 1. The molecule has 0 saturated carbocycles. The molecule has 1 aliphatic heterocycles. The predicted molar refractivity (Wildman–Crippen MR) is 65.3 cm³/mol. The molecule has 2 amide bonds. The van der Waals surface area contributed by atoms with Crippen LogP contribution >= 0.6 is 11.8 Å². The van der Waals surface area contributed by atoms with Crippen molar-refractivity contribution in [3.05, 3.63) is 41.0 Å². The van der Waals surface area contributed by atoms with Crippen LogP contribution in [0.5, 0.6) is 0 Å². The number of hydrogen-bond donors (Lipinski definition) is 1. The Hall–Kier alpha value is -2.01. The molecule has 0 spiro atoms. The largest absolute Gasteiger partial charge is 0.457 e. The van der Waals surface area contributed by atoms with Gasteiger partial charge < -0.3 is 4.42 Å². The molecular formula is C12H7NO3S. The van der Waals surface area contributed by atoms with Gasteiger partial charge in [-0.1, -0.05) is 18.2 Å². The highest BCUT2D eigenvalue weighted by Gasteiger charge is 2.25. The van der Waals surface area contributed by atoms with Crippen molar-refractivity contribution >= 4 is 40.0 Å². The van der Waals surface area contributed by atoms with Gasteiger partial charge in [-0.3, -0.25) is 14.9 Å². The van der Waals surface area contributed by atoms with Gasteiger partial charge in [0.2, 0.25) is 0 Å². The number of imide groups is 1. The molecule has 0 radical (unpaired) electrons. The van der Waals surface area contributed by atoms with Crippen molar-refractivity contribution in [1.29, 1.82) is 0 Å². The van der Waals surface area contributed by atoms with E-state index < -0.39 is 0 Å². The first-order valence-corrected chi connectivity index (χ1v) is 5.77. The van der Waals surface area contributed by atoms with E-state index in [0.717, 1.165) is 22.7 Å². The summed E-state index contributed by atoms with van der Waals surface area (Å²) in [5.74, 6) is 0.194. The lowest BCUT2D eigenvalue weighted by atomic mass is 10.2. The molecule has 0 aliphatic carbocycles. The summed E-state index contributed by atoms with van der Waals surface area (Å²) in [6, 6.07) is 9.40. The summed E-state index contributed by atoms with van der Waals surface area (Å²) in [6.45, 7) is 0. The van der Waals surface area contributed by atoms with Crippen molar-refractivity contribution in [3.63, 3.8) is 0 Å². The summed E-state index contributed by atoms with van der Waals surface area (Å²) in [5, 5.41) is 2.81. The van der Waals surface area contributed by atoms with Gasteiger partial charge in [0.15, 0.2) is 0 Å². The van der Waals surface area contributed by atoms with Gasteiger partial charge in [-0.05, 0) is 23.9 Å². The third-order valence-corrected chi connectivity index (χ3v) is 3.17.